The van der Waals surface area contributed by atoms with Gasteiger partial charge in [-0.2, -0.15) is 39.5 Å². The van der Waals surface area contributed by atoms with Gasteiger partial charge in [0.25, 0.3) is 11.8 Å². The highest BCUT2D eigenvalue weighted by atomic mass is 127. The van der Waals surface area contributed by atoms with Crippen LogP contribution in [0.4, 0.5) is 59.7 Å². The first-order chi connectivity index (χ1) is 18.7. The van der Waals surface area contributed by atoms with Crippen molar-refractivity contribution in [2.45, 2.75) is 24.2 Å². The van der Waals surface area contributed by atoms with Gasteiger partial charge in [-0.1, -0.05) is 23.7 Å². The smallest absolute Gasteiger partial charge is 0.319 e. The van der Waals surface area contributed by atoms with E-state index in [1.165, 1.54) is 12.1 Å². The average molecular weight is 732 g/mol. The Morgan fingerprint density at radius 3 is 2.00 bits per heavy atom. The maximum Gasteiger partial charge on any atom is 0.435 e. The number of pyridine rings is 1. The van der Waals surface area contributed by atoms with E-state index in [0.717, 1.165) is 47.3 Å². The topological polar surface area (TPSA) is 62.3 Å². The van der Waals surface area contributed by atoms with Gasteiger partial charge in [0.05, 0.1) is 50.9 Å². The molecule has 5 nitrogen and oxygen atoms in total. The molecule has 0 radical (unpaired) electrons. The van der Waals surface area contributed by atoms with E-state index in [1.54, 1.807) is 0 Å². The van der Waals surface area contributed by atoms with Crippen LogP contribution in [0.1, 0.15) is 31.8 Å². The van der Waals surface area contributed by atoms with Crippen molar-refractivity contribution in [1.82, 2.24) is 4.98 Å². The number of carbonyl (C=O) groups is 2. The quantitative estimate of drug-likeness (QED) is 0.124. The normalized spacial score (nSPS) is 12.7. The van der Waals surface area contributed by atoms with Crippen LogP contribution in [0, 0.1) is 5.82 Å². The van der Waals surface area contributed by atoms with Crippen molar-refractivity contribution < 1.29 is 57.9 Å². The lowest BCUT2D eigenvalue weighted by Crippen LogP contribution is -2.50. The first-order valence-corrected chi connectivity index (χ1v) is 11.8. The summed E-state index contributed by atoms with van der Waals surface area (Å²) in [4.78, 5) is 28.9. The first-order valence-electron chi connectivity index (χ1n) is 10.5. The van der Waals surface area contributed by atoms with Crippen LogP contribution in [0.5, 0.6) is 0 Å². The molecule has 2 amide bonds. The van der Waals surface area contributed by atoms with Crippen molar-refractivity contribution >= 4 is 57.7 Å². The van der Waals surface area contributed by atoms with Crippen molar-refractivity contribution in [2.24, 2.45) is 0 Å². The summed E-state index contributed by atoms with van der Waals surface area (Å²) in [5, 5.41) is 2.13. The Hall–Kier alpha value is -3.22. The number of alkyl halides is 10. The predicted octanol–water partition coefficient (Wildman–Crippen LogP) is 8.43. The molecule has 0 saturated carbocycles. The fourth-order valence-corrected chi connectivity index (χ4v) is 4.14. The number of rotatable bonds is 5. The molecule has 220 valence electrons. The van der Waals surface area contributed by atoms with Gasteiger partial charge in [0, 0.05) is 11.8 Å². The second-order valence-electron chi connectivity index (χ2n) is 7.96. The Morgan fingerprint density at radius 2 is 1.49 bits per heavy atom. The Morgan fingerprint density at radius 1 is 0.878 bits per heavy atom. The van der Waals surface area contributed by atoms with E-state index in [1.807, 2.05) is 0 Å². The van der Waals surface area contributed by atoms with Crippen molar-refractivity contribution in [3.8, 4) is 0 Å². The molecule has 0 atom stereocenters. The molecule has 0 saturated heterocycles. The van der Waals surface area contributed by atoms with Crippen LogP contribution in [0.2, 0.25) is 5.15 Å². The molecule has 0 aliphatic carbocycles. The largest absolute Gasteiger partial charge is 0.435 e. The molecular weight excluding hydrogens is 722 g/mol. The fraction of sp³-hybridized carbons (Fsp3) is 0.174. The minimum Gasteiger partial charge on any atom is -0.319 e. The molecule has 3 rings (SSSR count). The molecule has 0 bridgehead atoms. The van der Waals surface area contributed by atoms with Crippen molar-refractivity contribution in [3.05, 3.63) is 88.0 Å². The summed E-state index contributed by atoms with van der Waals surface area (Å²) >= 11 is 6.52. The maximum absolute atomic E-state index is 15.1. The monoisotopic (exact) mass is 731 g/mol. The van der Waals surface area contributed by atoms with Gasteiger partial charge in [0.15, 0.2) is 5.82 Å². The molecule has 2 aromatic carbocycles. The number of benzene rings is 2. The summed E-state index contributed by atoms with van der Waals surface area (Å²) in [6.45, 7) is 0. The average Bonchev–Trinajstić information content (AvgIpc) is 2.86. The molecule has 3 aromatic rings. The summed E-state index contributed by atoms with van der Waals surface area (Å²) < 4.78 is 149. The van der Waals surface area contributed by atoms with Crippen molar-refractivity contribution in [1.29, 1.82) is 0 Å². The number of hydrogen-bond acceptors (Lipinski definition) is 3. The van der Waals surface area contributed by atoms with E-state index in [4.69, 9.17) is 11.6 Å². The van der Waals surface area contributed by atoms with Gasteiger partial charge in [-0.25, -0.2) is 16.9 Å². The molecule has 0 unspecified atom stereocenters. The number of aromatic nitrogens is 1. The molecule has 0 aliphatic rings. The lowest BCUT2D eigenvalue weighted by molar-refractivity contribution is -0.348. The van der Waals surface area contributed by atoms with Crippen molar-refractivity contribution in [2.75, 3.05) is 8.43 Å². The summed E-state index contributed by atoms with van der Waals surface area (Å²) in [5.74, 6) is -3.94. The van der Waals surface area contributed by atoms with Gasteiger partial charge >= 0.3 is 24.2 Å². The standard InChI is InChI=1S/C23H10ClF11IN3O2/c24-16-7-4-10(9-37-16)18(40)38-14-3-1-2-12(17(14)25)19(41)39(36)15-6-5-11(8-13(15)21(27,28)29)20(26,22(30,31)32)23(33,34)35/h1-9H,(H,38,40). The van der Waals surface area contributed by atoms with Crippen LogP contribution in [-0.4, -0.2) is 29.2 Å². The highest BCUT2D eigenvalue weighted by molar-refractivity contribution is 14.1. The fourth-order valence-electron chi connectivity index (χ4n) is 3.35. The van der Waals surface area contributed by atoms with E-state index in [-0.39, 0.29) is 26.0 Å². The van der Waals surface area contributed by atoms with Crippen LogP contribution in [0.25, 0.3) is 0 Å². The number of anilines is 2. The molecule has 41 heavy (non-hydrogen) atoms. The number of carbonyl (C=O) groups excluding carboxylic acids is 2. The zero-order valence-corrected chi connectivity index (χ0v) is 22.2. The maximum atomic E-state index is 15.1. The number of nitrogens with zero attached hydrogens (tertiary/aromatic N) is 2. The molecule has 0 fully saturated rings. The Bertz CT molecular complexity index is 1460. The minimum absolute atomic E-state index is 0.00533. The minimum atomic E-state index is -6.70. The Balaban J connectivity index is 2.04. The summed E-state index contributed by atoms with van der Waals surface area (Å²) in [7, 11) is 0. The highest BCUT2D eigenvalue weighted by Gasteiger charge is 2.73. The third kappa shape index (κ3) is 6.34. The summed E-state index contributed by atoms with van der Waals surface area (Å²) in [5.41, 5.74) is -13.9. The van der Waals surface area contributed by atoms with E-state index < -0.39 is 76.0 Å². The lowest BCUT2D eigenvalue weighted by atomic mass is 9.92. The summed E-state index contributed by atoms with van der Waals surface area (Å²) in [6, 6.07) is 4.29. The van der Waals surface area contributed by atoms with E-state index in [0.29, 0.717) is 0 Å². The molecule has 18 heteroatoms. The van der Waals surface area contributed by atoms with Crippen LogP contribution < -0.4 is 8.43 Å². The zero-order valence-electron chi connectivity index (χ0n) is 19.3. The molecule has 1 N–H and O–H groups in total. The van der Waals surface area contributed by atoms with Gasteiger partial charge in [-0.15, -0.1) is 0 Å². The van der Waals surface area contributed by atoms with Crippen LogP contribution >= 0.6 is 34.5 Å². The molecule has 1 aromatic heterocycles. The van der Waals surface area contributed by atoms with Crippen molar-refractivity contribution in [3.63, 3.8) is 0 Å². The van der Waals surface area contributed by atoms with Crippen LogP contribution in [0.15, 0.2) is 54.7 Å². The van der Waals surface area contributed by atoms with Gasteiger partial charge in [0.2, 0.25) is 0 Å². The third-order valence-electron chi connectivity index (χ3n) is 5.34. The molecule has 0 spiro atoms. The van der Waals surface area contributed by atoms with E-state index in [2.05, 4.69) is 10.3 Å². The molecule has 0 aliphatic heterocycles. The zero-order chi connectivity index (χ0) is 31.1. The Labute approximate surface area is 240 Å². The number of nitrogens with one attached hydrogen (secondary N) is 1. The van der Waals surface area contributed by atoms with Gasteiger partial charge in [0.1, 0.15) is 5.15 Å². The second-order valence-corrected chi connectivity index (χ2v) is 9.31. The predicted molar refractivity (Wildman–Crippen MR) is 131 cm³/mol. The lowest BCUT2D eigenvalue weighted by Gasteiger charge is -2.31. The van der Waals surface area contributed by atoms with Gasteiger partial charge in [-0.3, -0.25) is 9.59 Å². The SMILES string of the molecule is O=C(Nc1cccc(C(=O)N(I)c2ccc(C(F)(C(F)(F)F)C(F)(F)F)cc2C(F)(F)F)c1F)c1ccc(Cl)nc1. The highest BCUT2D eigenvalue weighted by Crippen LogP contribution is 2.54. The van der Waals surface area contributed by atoms with E-state index >= 15 is 4.39 Å². The van der Waals surface area contributed by atoms with E-state index in [9.17, 15) is 53.5 Å². The Kier molecular flexibility index (Phi) is 8.84. The summed E-state index contributed by atoms with van der Waals surface area (Å²) in [6.07, 6.45) is -18.1. The van der Waals surface area contributed by atoms with Gasteiger partial charge in [-0.05, 0) is 36.4 Å². The van der Waals surface area contributed by atoms with Crippen LogP contribution in [0.3, 0.4) is 0 Å². The number of hydrogen-bond donors (Lipinski definition) is 1. The molecular formula is C23H10ClF11IN3O2. The third-order valence-corrected chi connectivity index (χ3v) is 6.52. The molecule has 1 heterocycles. The van der Waals surface area contributed by atoms with Crippen LogP contribution in [-0.2, 0) is 11.8 Å². The first kappa shape index (κ1) is 32.3. The van der Waals surface area contributed by atoms with Gasteiger partial charge < -0.3 is 5.32 Å². The number of amides is 2. The second kappa shape index (κ2) is 11.2. The number of halogens is 13.